The summed E-state index contributed by atoms with van der Waals surface area (Å²) in [5, 5.41) is 10.5. The molecular weight excluding hydrogens is 685 g/mol. The maximum Gasteiger partial charge on any atom is 0.311 e. The van der Waals surface area contributed by atoms with Crippen LogP contribution in [0.25, 0.3) is 0 Å². The van der Waals surface area contributed by atoms with E-state index in [1.807, 2.05) is 12.1 Å². The zero-order chi connectivity index (χ0) is 38.1. The molecule has 0 aromatic heterocycles. The smallest absolute Gasteiger partial charge is 0.311 e. The number of ketones is 1. The highest BCUT2D eigenvalue weighted by atomic mass is 32.2. The molecule has 8 heteroatoms. The van der Waals surface area contributed by atoms with Crippen LogP contribution in [0, 0.1) is 71.0 Å². The van der Waals surface area contributed by atoms with Gasteiger partial charge in [0.1, 0.15) is 11.4 Å². The molecule has 5 fully saturated rings. The van der Waals surface area contributed by atoms with Crippen LogP contribution in [-0.2, 0) is 30.9 Å². The quantitative estimate of drug-likeness (QED) is 0.189. The molecule has 1 aromatic carbocycles. The standard InChI is InChI=1S/C23H30O4S.C22H28O3/c1-5-23(24)13-11-21-20-8-6-16-14-17(27-28(25,26)15(2)3)7-9-18(16)19(20)10-12-22(21,23)4;1-4-22(25-14(2)23)12-10-20-19-7-5-15-13-16(24)6-8-17(15)18(19)9-11-21(20,22)3/h1,7,9,14-15,19-21,24H,6,8,10-13H2,2-4H3;1,13,17-20H,5-12H2,2-3H3/t19-,20-,21+,22+,23+;17-,18+,19+,20-,21-,22-/m10/s1. The molecular formula is C45H58O7S. The van der Waals surface area contributed by atoms with Gasteiger partial charge >= 0.3 is 16.1 Å². The van der Waals surface area contributed by atoms with Crippen LogP contribution < -0.4 is 4.18 Å². The molecule has 0 amide bonds. The maximum absolute atomic E-state index is 12.1. The van der Waals surface area contributed by atoms with Gasteiger partial charge in [0, 0.05) is 24.2 Å². The van der Waals surface area contributed by atoms with E-state index < -0.39 is 26.6 Å². The van der Waals surface area contributed by atoms with Crippen molar-refractivity contribution in [1.29, 1.82) is 0 Å². The van der Waals surface area contributed by atoms with Crippen LogP contribution in [0.5, 0.6) is 5.75 Å². The lowest BCUT2D eigenvalue weighted by atomic mass is 9.50. The van der Waals surface area contributed by atoms with Crippen LogP contribution in [0.1, 0.15) is 135 Å². The van der Waals surface area contributed by atoms with E-state index in [-0.39, 0.29) is 16.8 Å². The number of carbonyl (C=O) groups is 2. The fourth-order valence-corrected chi connectivity index (χ4v) is 13.5. The van der Waals surface area contributed by atoms with Crippen molar-refractivity contribution in [2.45, 2.75) is 147 Å². The molecule has 5 saturated carbocycles. The van der Waals surface area contributed by atoms with Crippen molar-refractivity contribution in [3.05, 3.63) is 41.0 Å². The van der Waals surface area contributed by atoms with Crippen LogP contribution in [0.4, 0.5) is 0 Å². The first-order valence-corrected chi connectivity index (χ1v) is 21.7. The first-order chi connectivity index (χ1) is 25.0. The summed E-state index contributed by atoms with van der Waals surface area (Å²) in [5.74, 6) is 9.96. The van der Waals surface area contributed by atoms with E-state index in [0.717, 1.165) is 77.0 Å². The van der Waals surface area contributed by atoms with Crippen LogP contribution in [0.2, 0.25) is 0 Å². The van der Waals surface area contributed by atoms with Gasteiger partial charge in [-0.05, 0) is 168 Å². The summed E-state index contributed by atoms with van der Waals surface area (Å²) in [5.41, 5.74) is 1.91. The average molecular weight is 743 g/mol. The van der Waals surface area contributed by atoms with E-state index in [1.54, 1.807) is 19.9 Å². The van der Waals surface area contributed by atoms with Gasteiger partial charge in [-0.3, -0.25) is 9.59 Å². The molecule has 11 atom stereocenters. The minimum atomic E-state index is -3.58. The molecule has 1 aromatic rings. The molecule has 7 aliphatic carbocycles. The number of ether oxygens (including phenoxy) is 1. The molecule has 0 unspecified atom stereocenters. The lowest BCUT2D eigenvalue weighted by molar-refractivity contribution is -0.167. The SMILES string of the molecule is C#C[C@]1(O)CC[C@H]2[C@@H]3CCc4cc(OS(=O)(=O)C(C)C)ccc4[C@H]3CC[C@@]21C.C#C[C@]1(OC(C)=O)CC[C@H]2[C@@H]3CCC4=CC(=O)CC[C@@H]4[C@H]3CC[C@@]21C. The van der Waals surface area contributed by atoms with Gasteiger partial charge in [0.05, 0.1) is 5.25 Å². The number of fused-ring (bicyclic) bond motifs is 10. The zero-order valence-electron chi connectivity index (χ0n) is 32.3. The summed E-state index contributed by atoms with van der Waals surface area (Å²) >= 11 is 0. The van der Waals surface area contributed by atoms with Gasteiger partial charge in [-0.25, -0.2) is 0 Å². The number of rotatable bonds is 4. The molecule has 0 aliphatic heterocycles. The summed E-state index contributed by atoms with van der Waals surface area (Å²) in [6.45, 7) is 9.16. The van der Waals surface area contributed by atoms with Crippen LogP contribution in [-0.4, -0.2) is 41.7 Å². The number of terminal acetylenes is 2. The summed E-state index contributed by atoms with van der Waals surface area (Å²) in [6.07, 6.45) is 27.1. The third kappa shape index (κ3) is 6.10. The van der Waals surface area contributed by atoms with Gasteiger partial charge in [-0.1, -0.05) is 37.3 Å². The summed E-state index contributed by atoms with van der Waals surface area (Å²) < 4.78 is 35.3. The summed E-state index contributed by atoms with van der Waals surface area (Å²) in [6, 6.07) is 5.76. The molecule has 0 heterocycles. The maximum atomic E-state index is 12.1. The molecule has 286 valence electrons. The van der Waals surface area contributed by atoms with Gasteiger partial charge < -0.3 is 14.0 Å². The van der Waals surface area contributed by atoms with E-state index in [9.17, 15) is 23.1 Å². The Labute approximate surface area is 317 Å². The Morgan fingerprint density at radius 2 is 1.55 bits per heavy atom. The summed E-state index contributed by atoms with van der Waals surface area (Å²) in [4.78, 5) is 23.5. The number of hydrogen-bond donors (Lipinski definition) is 1. The topological polar surface area (TPSA) is 107 Å². The van der Waals surface area contributed by atoms with Crippen molar-refractivity contribution in [2.24, 2.45) is 46.3 Å². The molecule has 0 saturated heterocycles. The van der Waals surface area contributed by atoms with Gasteiger partial charge in [0.15, 0.2) is 11.4 Å². The van der Waals surface area contributed by atoms with Crippen molar-refractivity contribution >= 4 is 21.9 Å². The Kier molecular flexibility index (Phi) is 9.80. The minimum Gasteiger partial charge on any atom is -0.445 e. The minimum absolute atomic E-state index is 0.111. The lowest BCUT2D eigenvalue weighted by Crippen LogP contribution is -2.53. The largest absolute Gasteiger partial charge is 0.445 e. The third-order valence-corrected chi connectivity index (χ3v) is 17.4. The molecule has 0 radical (unpaired) electrons. The van der Waals surface area contributed by atoms with Crippen molar-refractivity contribution in [3.63, 3.8) is 0 Å². The molecule has 53 heavy (non-hydrogen) atoms. The Bertz CT molecular complexity index is 1880. The number of aliphatic hydroxyl groups is 1. The Morgan fingerprint density at radius 1 is 0.849 bits per heavy atom. The Hall–Kier alpha value is -3.07. The highest BCUT2D eigenvalue weighted by Gasteiger charge is 2.64. The van der Waals surface area contributed by atoms with Crippen molar-refractivity contribution in [3.8, 4) is 30.4 Å². The van der Waals surface area contributed by atoms with Gasteiger partial charge in [-0.2, -0.15) is 8.42 Å². The number of allylic oxidation sites excluding steroid dienone is 1. The zero-order valence-corrected chi connectivity index (χ0v) is 33.1. The predicted octanol–water partition coefficient (Wildman–Crippen LogP) is 8.09. The second-order valence-electron chi connectivity index (χ2n) is 18.3. The van der Waals surface area contributed by atoms with E-state index in [0.29, 0.717) is 65.8 Å². The van der Waals surface area contributed by atoms with Gasteiger partial charge in [0.2, 0.25) is 0 Å². The molecule has 0 bridgehead atoms. The molecule has 7 aliphatic rings. The Balaban J connectivity index is 0.000000165. The number of esters is 1. The van der Waals surface area contributed by atoms with Crippen LogP contribution in [0.15, 0.2) is 29.8 Å². The summed E-state index contributed by atoms with van der Waals surface area (Å²) in [7, 11) is -3.58. The first-order valence-electron chi connectivity index (χ1n) is 20.2. The molecule has 1 N–H and O–H groups in total. The second-order valence-corrected chi connectivity index (χ2v) is 20.4. The number of benzene rings is 1. The number of aryl methyl sites for hydroxylation is 1. The average Bonchev–Trinajstić information content (AvgIpc) is 3.57. The van der Waals surface area contributed by atoms with E-state index in [4.69, 9.17) is 21.8 Å². The third-order valence-electron chi connectivity index (χ3n) is 15.8. The second kappa shape index (κ2) is 13.6. The van der Waals surface area contributed by atoms with E-state index in [2.05, 4.69) is 31.8 Å². The highest BCUT2D eigenvalue weighted by molar-refractivity contribution is 7.87. The predicted molar refractivity (Wildman–Crippen MR) is 205 cm³/mol. The fraction of sp³-hybridized carbons (Fsp3) is 0.689. The fourth-order valence-electron chi connectivity index (χ4n) is 13.0. The lowest BCUT2D eigenvalue weighted by Gasteiger charge is -2.55. The van der Waals surface area contributed by atoms with Crippen molar-refractivity contribution < 1.29 is 32.0 Å². The first kappa shape index (κ1) is 38.2. The van der Waals surface area contributed by atoms with Gasteiger partial charge in [0.25, 0.3) is 0 Å². The number of carbonyl (C=O) groups excluding carboxylic acids is 2. The molecule has 8 rings (SSSR count). The van der Waals surface area contributed by atoms with Crippen LogP contribution in [0.3, 0.4) is 0 Å². The van der Waals surface area contributed by atoms with Crippen molar-refractivity contribution in [1.82, 2.24) is 0 Å². The van der Waals surface area contributed by atoms with E-state index >= 15 is 0 Å². The number of hydrogen-bond acceptors (Lipinski definition) is 7. The van der Waals surface area contributed by atoms with Crippen molar-refractivity contribution in [2.75, 3.05) is 0 Å². The molecule has 0 spiro atoms. The Morgan fingerprint density at radius 3 is 2.25 bits per heavy atom. The normalized spacial score (nSPS) is 41.0. The highest BCUT2D eigenvalue weighted by Crippen LogP contribution is 2.66. The van der Waals surface area contributed by atoms with Gasteiger partial charge in [-0.15, -0.1) is 12.8 Å². The van der Waals surface area contributed by atoms with Crippen LogP contribution >= 0.6 is 0 Å². The molecule has 7 nitrogen and oxygen atoms in total. The van der Waals surface area contributed by atoms with E-state index in [1.165, 1.54) is 23.6 Å². The monoisotopic (exact) mass is 742 g/mol.